The minimum Gasteiger partial charge on any atom is -0.497 e. The Morgan fingerprint density at radius 3 is 2.69 bits per heavy atom. The van der Waals surface area contributed by atoms with Gasteiger partial charge in [-0.25, -0.2) is 4.79 Å². The second-order valence-electron chi connectivity index (χ2n) is 6.73. The number of methoxy groups -OCH3 is 1. The lowest BCUT2D eigenvalue weighted by molar-refractivity contribution is -0.132. The standard InChI is InChI=1S/C20H19BrN2O3/c1-26-16-8-9-17-14(11-16)3-2-10-20(17)18(24)23(19(25)22-20)12-13-4-6-15(21)7-5-13/h4-9,11H,2-3,10,12H2,1H3,(H,22,25)/t20-/m1/s1. The third-order valence-corrected chi connectivity index (χ3v) is 5.73. The summed E-state index contributed by atoms with van der Waals surface area (Å²) in [5.74, 6) is 0.598. The molecule has 1 heterocycles. The number of carbonyl (C=O) groups excluding carboxylic acids is 2. The van der Waals surface area contributed by atoms with Crippen LogP contribution in [0.3, 0.4) is 0 Å². The Balaban J connectivity index is 1.68. The third kappa shape index (κ3) is 2.69. The predicted molar refractivity (Wildman–Crippen MR) is 101 cm³/mol. The number of nitrogens with one attached hydrogen (secondary N) is 1. The molecule has 1 fully saturated rings. The van der Waals surface area contributed by atoms with Crippen LogP contribution in [0, 0.1) is 0 Å². The van der Waals surface area contributed by atoms with E-state index >= 15 is 0 Å². The summed E-state index contributed by atoms with van der Waals surface area (Å²) in [5, 5.41) is 2.98. The zero-order valence-electron chi connectivity index (χ0n) is 14.4. The van der Waals surface area contributed by atoms with Gasteiger partial charge < -0.3 is 10.1 Å². The van der Waals surface area contributed by atoms with Gasteiger partial charge in [0, 0.05) is 4.47 Å². The number of nitrogens with zero attached hydrogens (tertiary/aromatic N) is 1. The van der Waals surface area contributed by atoms with Crippen molar-refractivity contribution in [2.45, 2.75) is 31.3 Å². The fraction of sp³-hybridized carbons (Fsp3) is 0.300. The van der Waals surface area contributed by atoms with Crippen LogP contribution in [0.4, 0.5) is 4.79 Å². The van der Waals surface area contributed by atoms with Gasteiger partial charge in [0.25, 0.3) is 5.91 Å². The number of hydrogen-bond donors (Lipinski definition) is 1. The fourth-order valence-electron chi connectivity index (χ4n) is 3.89. The zero-order valence-corrected chi connectivity index (χ0v) is 16.0. The number of urea groups is 1. The highest BCUT2D eigenvalue weighted by Crippen LogP contribution is 2.41. The molecule has 5 nitrogen and oxygen atoms in total. The molecule has 1 aliphatic carbocycles. The molecule has 0 aromatic heterocycles. The van der Waals surface area contributed by atoms with Gasteiger partial charge in [0.05, 0.1) is 13.7 Å². The van der Waals surface area contributed by atoms with E-state index in [1.807, 2.05) is 42.5 Å². The van der Waals surface area contributed by atoms with Gasteiger partial charge in [-0.1, -0.05) is 34.1 Å². The van der Waals surface area contributed by atoms with Crippen LogP contribution in [0.15, 0.2) is 46.9 Å². The molecule has 0 bridgehead atoms. The van der Waals surface area contributed by atoms with Crippen molar-refractivity contribution in [2.24, 2.45) is 0 Å². The second kappa shape index (κ2) is 6.43. The lowest BCUT2D eigenvalue weighted by Gasteiger charge is -2.33. The van der Waals surface area contributed by atoms with Crippen LogP contribution in [-0.4, -0.2) is 23.9 Å². The van der Waals surface area contributed by atoms with E-state index in [-0.39, 0.29) is 18.5 Å². The van der Waals surface area contributed by atoms with Crippen LogP contribution in [0.25, 0.3) is 0 Å². The Hall–Kier alpha value is -2.34. The molecule has 2 aliphatic rings. The normalized spacial score (nSPS) is 21.7. The molecular weight excluding hydrogens is 396 g/mol. The molecule has 0 unspecified atom stereocenters. The first-order valence-corrected chi connectivity index (χ1v) is 9.39. The Labute approximate surface area is 160 Å². The SMILES string of the molecule is COc1ccc2c(c1)CCC[C@@]21NC(=O)N(Cc2ccc(Br)cc2)C1=O. The molecule has 1 aliphatic heterocycles. The van der Waals surface area contributed by atoms with E-state index in [1.165, 1.54) is 4.90 Å². The van der Waals surface area contributed by atoms with Gasteiger partial charge in [-0.3, -0.25) is 9.69 Å². The number of carbonyl (C=O) groups is 2. The molecule has 134 valence electrons. The molecule has 1 atom stereocenters. The molecular formula is C20H19BrN2O3. The number of rotatable bonds is 3. The largest absolute Gasteiger partial charge is 0.497 e. The van der Waals surface area contributed by atoms with Gasteiger partial charge in [-0.2, -0.15) is 0 Å². The number of amides is 3. The van der Waals surface area contributed by atoms with E-state index in [0.717, 1.165) is 39.8 Å². The summed E-state index contributed by atoms with van der Waals surface area (Å²) in [5.41, 5.74) is 1.92. The molecule has 1 spiro atoms. The van der Waals surface area contributed by atoms with Gasteiger partial charge in [0.1, 0.15) is 11.3 Å². The van der Waals surface area contributed by atoms with Gasteiger partial charge in [-0.15, -0.1) is 0 Å². The number of halogens is 1. The van der Waals surface area contributed by atoms with Crippen molar-refractivity contribution in [3.63, 3.8) is 0 Å². The first-order chi connectivity index (χ1) is 12.5. The summed E-state index contributed by atoms with van der Waals surface area (Å²) >= 11 is 3.40. The topological polar surface area (TPSA) is 58.6 Å². The minimum atomic E-state index is -0.952. The van der Waals surface area contributed by atoms with E-state index in [9.17, 15) is 9.59 Å². The van der Waals surface area contributed by atoms with E-state index < -0.39 is 5.54 Å². The molecule has 1 saturated heterocycles. The van der Waals surface area contributed by atoms with Gasteiger partial charge in [-0.05, 0) is 60.2 Å². The number of imide groups is 1. The molecule has 2 aromatic rings. The fourth-order valence-corrected chi connectivity index (χ4v) is 4.16. The number of hydrogen-bond acceptors (Lipinski definition) is 3. The third-order valence-electron chi connectivity index (χ3n) is 5.20. The Kier molecular flexibility index (Phi) is 4.23. The molecule has 4 rings (SSSR count). The molecule has 0 saturated carbocycles. The Morgan fingerprint density at radius 1 is 1.19 bits per heavy atom. The number of ether oxygens (including phenoxy) is 1. The monoisotopic (exact) mass is 414 g/mol. The van der Waals surface area contributed by atoms with Crippen LogP contribution in [0.2, 0.25) is 0 Å². The van der Waals surface area contributed by atoms with Crippen LogP contribution >= 0.6 is 15.9 Å². The summed E-state index contributed by atoms with van der Waals surface area (Å²) in [6.45, 7) is 0.269. The van der Waals surface area contributed by atoms with Crippen LogP contribution in [-0.2, 0) is 23.3 Å². The van der Waals surface area contributed by atoms with Crippen LogP contribution in [0.5, 0.6) is 5.75 Å². The minimum absolute atomic E-state index is 0.170. The van der Waals surface area contributed by atoms with Gasteiger partial charge in [0.15, 0.2) is 0 Å². The van der Waals surface area contributed by atoms with Crippen molar-refractivity contribution in [1.29, 1.82) is 0 Å². The van der Waals surface area contributed by atoms with E-state index in [0.29, 0.717) is 6.42 Å². The van der Waals surface area contributed by atoms with Crippen molar-refractivity contribution < 1.29 is 14.3 Å². The second-order valence-corrected chi connectivity index (χ2v) is 7.65. The molecule has 26 heavy (non-hydrogen) atoms. The lowest BCUT2D eigenvalue weighted by Crippen LogP contribution is -2.46. The summed E-state index contributed by atoms with van der Waals surface area (Å²) in [7, 11) is 1.63. The molecule has 2 aromatic carbocycles. The Bertz CT molecular complexity index is 881. The molecule has 0 radical (unpaired) electrons. The van der Waals surface area contributed by atoms with Gasteiger partial charge in [0.2, 0.25) is 0 Å². The summed E-state index contributed by atoms with van der Waals surface area (Å²) < 4.78 is 6.27. The predicted octanol–water partition coefficient (Wildman–Crippen LogP) is 3.74. The molecule has 6 heteroatoms. The average molecular weight is 415 g/mol. The zero-order chi connectivity index (χ0) is 18.3. The smallest absolute Gasteiger partial charge is 0.325 e. The van der Waals surface area contributed by atoms with E-state index in [2.05, 4.69) is 21.2 Å². The highest BCUT2D eigenvalue weighted by molar-refractivity contribution is 9.10. The van der Waals surface area contributed by atoms with Crippen molar-refractivity contribution in [1.82, 2.24) is 10.2 Å². The maximum Gasteiger partial charge on any atom is 0.325 e. The van der Waals surface area contributed by atoms with Crippen molar-refractivity contribution in [2.75, 3.05) is 7.11 Å². The van der Waals surface area contributed by atoms with Crippen LogP contribution < -0.4 is 10.1 Å². The van der Waals surface area contributed by atoms with E-state index in [1.54, 1.807) is 7.11 Å². The first-order valence-electron chi connectivity index (χ1n) is 8.59. The number of aryl methyl sites for hydroxylation is 1. The Morgan fingerprint density at radius 2 is 1.96 bits per heavy atom. The highest BCUT2D eigenvalue weighted by Gasteiger charge is 2.53. The number of benzene rings is 2. The molecule has 1 N–H and O–H groups in total. The van der Waals surface area contributed by atoms with Gasteiger partial charge >= 0.3 is 6.03 Å². The maximum atomic E-state index is 13.3. The number of fused-ring (bicyclic) bond motifs is 2. The summed E-state index contributed by atoms with van der Waals surface area (Å²) in [4.78, 5) is 27.2. The highest BCUT2D eigenvalue weighted by atomic mass is 79.9. The van der Waals surface area contributed by atoms with Crippen molar-refractivity contribution >= 4 is 27.9 Å². The summed E-state index contributed by atoms with van der Waals surface area (Å²) in [6.07, 6.45) is 2.34. The quantitative estimate of drug-likeness (QED) is 0.778. The first kappa shape index (κ1) is 17.1. The van der Waals surface area contributed by atoms with Crippen molar-refractivity contribution in [3.8, 4) is 5.75 Å². The lowest BCUT2D eigenvalue weighted by atomic mass is 9.76. The van der Waals surface area contributed by atoms with Crippen molar-refractivity contribution in [3.05, 3.63) is 63.6 Å². The maximum absolute atomic E-state index is 13.3. The van der Waals surface area contributed by atoms with E-state index in [4.69, 9.17) is 4.74 Å². The van der Waals surface area contributed by atoms with Crippen LogP contribution in [0.1, 0.15) is 29.5 Å². The molecule has 3 amide bonds. The average Bonchev–Trinajstić information content (AvgIpc) is 2.88. The summed E-state index contributed by atoms with van der Waals surface area (Å²) in [6, 6.07) is 13.0.